The van der Waals surface area contributed by atoms with Gasteiger partial charge in [0.2, 0.25) is 11.8 Å². The zero-order chi connectivity index (χ0) is 26.0. The molecule has 2 heterocycles. The van der Waals surface area contributed by atoms with Gasteiger partial charge < -0.3 is 24.8 Å². The highest BCUT2D eigenvalue weighted by Gasteiger charge is 2.33. The molecule has 2 aliphatic rings. The first kappa shape index (κ1) is 27.2. The van der Waals surface area contributed by atoms with Gasteiger partial charge in [-0.3, -0.25) is 14.8 Å². The molecule has 200 valence electrons. The van der Waals surface area contributed by atoms with Crippen LogP contribution in [0.1, 0.15) is 74.0 Å². The minimum atomic E-state index is -0.534. The molecule has 2 aromatic rings. The zero-order valence-corrected chi connectivity index (χ0v) is 21.1. The second-order valence-electron chi connectivity index (χ2n) is 9.77. The van der Waals surface area contributed by atoms with Gasteiger partial charge in [0.1, 0.15) is 0 Å². The summed E-state index contributed by atoms with van der Waals surface area (Å²) >= 11 is 0. The van der Waals surface area contributed by atoms with Gasteiger partial charge in [0, 0.05) is 37.1 Å². The molecule has 4 rings (SSSR count). The van der Waals surface area contributed by atoms with Crippen LogP contribution in [0.15, 0.2) is 48.5 Å². The fourth-order valence-electron chi connectivity index (χ4n) is 4.88. The maximum absolute atomic E-state index is 12.2. The summed E-state index contributed by atoms with van der Waals surface area (Å²) in [6, 6.07) is 15.3. The van der Waals surface area contributed by atoms with Crippen LogP contribution in [0.2, 0.25) is 0 Å². The summed E-state index contributed by atoms with van der Waals surface area (Å²) in [5, 5.41) is 20.8. The number of benzene rings is 2. The summed E-state index contributed by atoms with van der Waals surface area (Å²) in [6.07, 6.45) is 4.46. The summed E-state index contributed by atoms with van der Waals surface area (Å²) in [5.41, 5.74) is 5.02. The average Bonchev–Trinajstić information content (AvgIpc) is 2.93. The Morgan fingerprint density at radius 3 is 2.24 bits per heavy atom. The fraction of sp³-hybridized carbons (Fsp3) is 0.500. The van der Waals surface area contributed by atoms with Crippen molar-refractivity contribution in [2.45, 2.75) is 70.1 Å². The molecule has 2 fully saturated rings. The van der Waals surface area contributed by atoms with Crippen molar-refractivity contribution >= 4 is 17.5 Å². The van der Waals surface area contributed by atoms with E-state index in [0.29, 0.717) is 12.1 Å². The Morgan fingerprint density at radius 2 is 1.57 bits per heavy atom. The number of anilines is 1. The second-order valence-corrected chi connectivity index (χ2v) is 9.77. The number of hydrogen-bond acceptors (Lipinski definition) is 7. The van der Waals surface area contributed by atoms with E-state index < -0.39 is 12.2 Å². The number of nitrogens with one attached hydrogen (secondary N) is 2. The van der Waals surface area contributed by atoms with Crippen molar-refractivity contribution in [2.24, 2.45) is 0 Å². The van der Waals surface area contributed by atoms with Gasteiger partial charge in [-0.25, -0.2) is 5.48 Å². The van der Waals surface area contributed by atoms with Crippen molar-refractivity contribution in [3.05, 3.63) is 65.2 Å². The fourth-order valence-corrected chi connectivity index (χ4v) is 4.88. The van der Waals surface area contributed by atoms with Crippen LogP contribution in [0.5, 0.6) is 0 Å². The van der Waals surface area contributed by atoms with Crippen LogP contribution in [0.25, 0.3) is 0 Å². The number of amides is 2. The van der Waals surface area contributed by atoms with Gasteiger partial charge in [0.05, 0.1) is 18.8 Å². The first-order valence-electron chi connectivity index (χ1n) is 13.1. The maximum atomic E-state index is 12.2. The molecule has 0 saturated carbocycles. The van der Waals surface area contributed by atoms with Crippen molar-refractivity contribution < 1.29 is 29.4 Å². The lowest BCUT2D eigenvalue weighted by Crippen LogP contribution is -2.41. The van der Waals surface area contributed by atoms with Crippen molar-refractivity contribution in [2.75, 3.05) is 25.0 Å². The monoisotopic (exact) mass is 511 g/mol. The summed E-state index contributed by atoms with van der Waals surface area (Å²) in [4.78, 5) is 25.7. The maximum Gasteiger partial charge on any atom is 0.243 e. The van der Waals surface area contributed by atoms with Crippen molar-refractivity contribution in [1.82, 2.24) is 10.4 Å². The number of rotatable bonds is 10. The number of likely N-dealkylation sites (tertiary alicyclic amines) is 1. The SMILES string of the molecule is O=C(CCCC(=O)Nc1ccc([C@H]2O[C@@H](CN3CCCCC3)C[C@@H](c3ccc(CO)cc3)O2)cc1)NO. The third kappa shape index (κ3) is 8.08. The number of nitrogens with zero attached hydrogens (tertiary/aromatic N) is 1. The van der Waals surface area contributed by atoms with Gasteiger partial charge in [0.25, 0.3) is 0 Å². The molecule has 2 aliphatic heterocycles. The van der Waals surface area contributed by atoms with E-state index >= 15 is 0 Å². The van der Waals surface area contributed by atoms with Crippen LogP contribution in [0, 0.1) is 0 Å². The Morgan fingerprint density at radius 1 is 0.892 bits per heavy atom. The number of ether oxygens (including phenoxy) is 2. The number of aliphatic hydroxyl groups excluding tert-OH is 1. The predicted octanol–water partition coefficient (Wildman–Crippen LogP) is 3.82. The van der Waals surface area contributed by atoms with Gasteiger partial charge in [-0.15, -0.1) is 0 Å². The molecule has 0 aromatic heterocycles. The highest BCUT2D eigenvalue weighted by molar-refractivity contribution is 5.91. The lowest BCUT2D eigenvalue weighted by Gasteiger charge is -2.39. The van der Waals surface area contributed by atoms with E-state index in [4.69, 9.17) is 14.7 Å². The lowest BCUT2D eigenvalue weighted by atomic mass is 9.99. The smallest absolute Gasteiger partial charge is 0.243 e. The number of carbonyl (C=O) groups is 2. The first-order valence-corrected chi connectivity index (χ1v) is 13.1. The molecule has 4 N–H and O–H groups in total. The Balaban J connectivity index is 1.41. The molecule has 0 spiro atoms. The van der Waals surface area contributed by atoms with E-state index in [0.717, 1.165) is 42.7 Å². The number of hydrogen-bond donors (Lipinski definition) is 4. The van der Waals surface area contributed by atoms with Crippen LogP contribution in [-0.2, 0) is 25.7 Å². The third-order valence-electron chi connectivity index (χ3n) is 6.92. The molecule has 37 heavy (non-hydrogen) atoms. The molecule has 2 saturated heterocycles. The van der Waals surface area contributed by atoms with Crippen LogP contribution >= 0.6 is 0 Å². The van der Waals surface area contributed by atoms with Crippen LogP contribution in [0.3, 0.4) is 0 Å². The highest BCUT2D eigenvalue weighted by Crippen LogP contribution is 2.38. The molecule has 0 radical (unpaired) electrons. The molecule has 2 aromatic carbocycles. The van der Waals surface area contributed by atoms with Crippen LogP contribution in [0.4, 0.5) is 5.69 Å². The summed E-state index contributed by atoms with van der Waals surface area (Å²) < 4.78 is 12.8. The summed E-state index contributed by atoms with van der Waals surface area (Å²) in [5.74, 6) is -0.706. The number of hydroxylamine groups is 1. The molecular weight excluding hydrogens is 474 g/mol. The normalized spacial score (nSPS) is 22.4. The van der Waals surface area contributed by atoms with E-state index in [1.165, 1.54) is 19.3 Å². The van der Waals surface area contributed by atoms with Crippen LogP contribution < -0.4 is 10.8 Å². The van der Waals surface area contributed by atoms with Gasteiger partial charge in [0.15, 0.2) is 6.29 Å². The minimum Gasteiger partial charge on any atom is -0.392 e. The van der Waals surface area contributed by atoms with Gasteiger partial charge >= 0.3 is 0 Å². The zero-order valence-electron chi connectivity index (χ0n) is 21.1. The van der Waals surface area contributed by atoms with E-state index in [2.05, 4.69) is 10.2 Å². The molecule has 0 aliphatic carbocycles. The summed E-state index contributed by atoms with van der Waals surface area (Å²) in [6.45, 7) is 3.07. The topological polar surface area (TPSA) is 120 Å². The summed E-state index contributed by atoms with van der Waals surface area (Å²) in [7, 11) is 0. The molecule has 0 unspecified atom stereocenters. The highest BCUT2D eigenvalue weighted by atomic mass is 16.7. The van der Waals surface area contributed by atoms with E-state index in [1.807, 2.05) is 48.5 Å². The number of aliphatic hydroxyl groups is 1. The largest absolute Gasteiger partial charge is 0.392 e. The molecule has 9 nitrogen and oxygen atoms in total. The number of piperidine rings is 1. The Hall–Kier alpha value is -2.82. The third-order valence-corrected chi connectivity index (χ3v) is 6.92. The Kier molecular flexibility index (Phi) is 10.0. The van der Waals surface area contributed by atoms with E-state index in [9.17, 15) is 14.7 Å². The molecular formula is C28H37N3O6. The minimum absolute atomic E-state index is 0.00992. The van der Waals surface area contributed by atoms with Crippen molar-refractivity contribution in [1.29, 1.82) is 0 Å². The molecule has 3 atom stereocenters. The Labute approximate surface area is 217 Å². The molecule has 2 amide bonds. The van der Waals surface area contributed by atoms with E-state index in [1.54, 1.807) is 5.48 Å². The number of carbonyl (C=O) groups excluding carboxylic acids is 2. The Bertz CT molecular complexity index is 1010. The van der Waals surface area contributed by atoms with Gasteiger partial charge in [-0.05, 0) is 55.6 Å². The van der Waals surface area contributed by atoms with Crippen molar-refractivity contribution in [3.63, 3.8) is 0 Å². The molecule has 9 heteroatoms. The molecule has 0 bridgehead atoms. The van der Waals surface area contributed by atoms with Crippen molar-refractivity contribution in [3.8, 4) is 0 Å². The van der Waals surface area contributed by atoms with E-state index in [-0.39, 0.29) is 37.6 Å². The average molecular weight is 512 g/mol. The standard InChI is InChI=1S/C28H37N3O6/c32-19-20-7-9-21(10-8-20)25-17-24(18-31-15-2-1-3-16-31)36-28(37-25)22-11-13-23(14-12-22)29-26(33)5-4-6-27(34)30-35/h7-14,24-25,28,32,35H,1-6,15-19H2,(H,29,33)(H,30,34)/t24-,25+,28+/m1/s1. The first-order chi connectivity index (χ1) is 18.0. The predicted molar refractivity (Wildman–Crippen MR) is 138 cm³/mol. The van der Waals surface area contributed by atoms with Gasteiger partial charge in [-0.2, -0.15) is 0 Å². The second kappa shape index (κ2) is 13.6. The van der Waals surface area contributed by atoms with Crippen LogP contribution in [-0.4, -0.2) is 52.8 Å². The lowest BCUT2D eigenvalue weighted by molar-refractivity contribution is -0.253. The quantitative estimate of drug-likeness (QED) is 0.283. The van der Waals surface area contributed by atoms with Gasteiger partial charge in [-0.1, -0.05) is 42.8 Å².